The van der Waals surface area contributed by atoms with E-state index in [-0.39, 0.29) is 5.91 Å². The number of aliphatic imine (C=N–C) groups is 1. The van der Waals surface area contributed by atoms with Crippen molar-refractivity contribution < 1.29 is 4.79 Å². The minimum Gasteiger partial charge on any atom is -0.356 e. The third kappa shape index (κ3) is 4.70. The molecule has 0 unspecified atom stereocenters. The van der Waals surface area contributed by atoms with Crippen molar-refractivity contribution in [2.75, 3.05) is 20.6 Å². The van der Waals surface area contributed by atoms with Crippen LogP contribution >= 0.6 is 0 Å². The Hall–Kier alpha value is -1.68. The number of benzene rings is 1. The van der Waals surface area contributed by atoms with Crippen LogP contribution in [0.15, 0.2) is 35.3 Å². The zero-order chi connectivity index (χ0) is 11.8. The van der Waals surface area contributed by atoms with Crippen LogP contribution < -0.4 is 5.32 Å². The summed E-state index contributed by atoms with van der Waals surface area (Å²) in [6.45, 7) is 1.40. The van der Waals surface area contributed by atoms with Gasteiger partial charge < -0.3 is 10.2 Å². The molecular weight excluding hydrogens is 202 g/mol. The van der Waals surface area contributed by atoms with Crippen molar-refractivity contribution in [3.8, 4) is 0 Å². The van der Waals surface area contributed by atoms with Crippen molar-refractivity contribution in [1.29, 1.82) is 0 Å². The molecule has 0 bridgehead atoms. The molecule has 0 saturated carbocycles. The number of hydrogen-bond donors (Lipinski definition) is 1. The molecule has 0 saturated heterocycles. The second kappa shape index (κ2) is 6.74. The summed E-state index contributed by atoms with van der Waals surface area (Å²) in [6.07, 6.45) is 1.53. The maximum Gasteiger partial charge on any atom is 0.266 e. The molecular formula is C12H17N3O. The van der Waals surface area contributed by atoms with E-state index < -0.39 is 0 Å². The fourth-order valence-electron chi connectivity index (χ4n) is 1.26. The lowest BCUT2D eigenvalue weighted by Crippen LogP contribution is -2.14. The van der Waals surface area contributed by atoms with Crippen LogP contribution in [0.3, 0.4) is 0 Å². The first kappa shape index (κ1) is 12.4. The Morgan fingerprint density at radius 1 is 1.38 bits per heavy atom. The quantitative estimate of drug-likeness (QED) is 0.803. The van der Waals surface area contributed by atoms with E-state index in [9.17, 15) is 4.79 Å². The average molecular weight is 219 g/mol. The molecule has 0 fully saturated rings. The third-order valence-electron chi connectivity index (χ3n) is 2.01. The van der Waals surface area contributed by atoms with E-state index in [1.165, 1.54) is 11.9 Å². The van der Waals surface area contributed by atoms with Crippen LogP contribution in [-0.2, 0) is 11.3 Å². The summed E-state index contributed by atoms with van der Waals surface area (Å²) in [7, 11) is 3.77. The van der Waals surface area contributed by atoms with Crippen molar-refractivity contribution in [1.82, 2.24) is 10.2 Å². The normalized spacial score (nSPS) is 13.6. The van der Waals surface area contributed by atoms with Gasteiger partial charge in [-0.2, -0.15) is 0 Å². The molecule has 16 heavy (non-hydrogen) atoms. The highest BCUT2D eigenvalue weighted by Crippen LogP contribution is 1.95. The number of amides is 1. The highest BCUT2D eigenvalue weighted by molar-refractivity contribution is 5.91. The number of nitrogens with zero attached hydrogens (tertiary/aromatic N) is 2. The molecule has 4 heteroatoms. The number of carbonyl (C=O) groups is 1. The molecule has 0 aliphatic carbocycles. The summed E-state index contributed by atoms with van der Waals surface area (Å²) >= 11 is 0. The standard InChI is InChI=1S/C8H11N.C4H6N2O/c1-9-7-8-5-3-2-4-6-8;1-6-2-4(7)5-3-6/h2-6,9H,7H2,1H3;3H,2H2,1H3. The fraction of sp³-hybridized carbons (Fsp3) is 0.333. The van der Waals surface area contributed by atoms with Crippen LogP contribution in [0.5, 0.6) is 0 Å². The van der Waals surface area contributed by atoms with Crippen LogP contribution in [0.2, 0.25) is 0 Å². The van der Waals surface area contributed by atoms with Crippen LogP contribution in [-0.4, -0.2) is 37.8 Å². The molecule has 4 nitrogen and oxygen atoms in total. The molecule has 1 N–H and O–H groups in total. The maximum atomic E-state index is 10.2. The van der Waals surface area contributed by atoms with Crippen molar-refractivity contribution in [2.45, 2.75) is 6.54 Å². The van der Waals surface area contributed by atoms with Gasteiger partial charge in [-0.25, -0.2) is 4.99 Å². The first-order valence-electron chi connectivity index (χ1n) is 5.18. The van der Waals surface area contributed by atoms with Gasteiger partial charge in [0.1, 0.15) is 0 Å². The number of hydrogen-bond acceptors (Lipinski definition) is 3. The second-order valence-electron chi connectivity index (χ2n) is 3.57. The Morgan fingerprint density at radius 2 is 2.06 bits per heavy atom. The number of nitrogens with one attached hydrogen (secondary N) is 1. The van der Waals surface area contributed by atoms with E-state index in [2.05, 4.69) is 22.4 Å². The first-order chi connectivity index (χ1) is 7.72. The summed E-state index contributed by atoms with van der Waals surface area (Å²) < 4.78 is 0. The zero-order valence-electron chi connectivity index (χ0n) is 9.68. The van der Waals surface area contributed by atoms with E-state index >= 15 is 0 Å². The van der Waals surface area contributed by atoms with Gasteiger partial charge in [0.15, 0.2) is 0 Å². The van der Waals surface area contributed by atoms with Crippen molar-refractivity contribution >= 4 is 12.2 Å². The predicted molar refractivity (Wildman–Crippen MR) is 65.3 cm³/mol. The number of carbonyl (C=O) groups excluding carboxylic acids is 1. The van der Waals surface area contributed by atoms with Gasteiger partial charge in [-0.05, 0) is 12.6 Å². The molecule has 0 aromatic heterocycles. The van der Waals surface area contributed by atoms with E-state index in [4.69, 9.17) is 0 Å². The van der Waals surface area contributed by atoms with Gasteiger partial charge in [-0.15, -0.1) is 0 Å². The Bertz CT molecular complexity index is 349. The molecule has 1 aliphatic rings. The van der Waals surface area contributed by atoms with E-state index in [0.29, 0.717) is 6.54 Å². The molecule has 1 aromatic carbocycles. The van der Waals surface area contributed by atoms with Crippen molar-refractivity contribution in [3.63, 3.8) is 0 Å². The summed E-state index contributed by atoms with van der Waals surface area (Å²) in [4.78, 5) is 15.4. The van der Waals surface area contributed by atoms with Crippen molar-refractivity contribution in [3.05, 3.63) is 35.9 Å². The SMILES string of the molecule is CN1C=NC(=O)C1.CNCc1ccccc1. The molecule has 1 aliphatic heterocycles. The van der Waals surface area contributed by atoms with Gasteiger partial charge in [0.05, 0.1) is 12.9 Å². The minimum absolute atomic E-state index is 0.0532. The molecule has 1 aromatic rings. The topological polar surface area (TPSA) is 44.7 Å². The number of likely N-dealkylation sites (N-methyl/N-ethyl adjacent to an activating group) is 1. The second-order valence-corrected chi connectivity index (χ2v) is 3.57. The fourth-order valence-corrected chi connectivity index (χ4v) is 1.26. The average Bonchev–Trinajstić information content (AvgIpc) is 2.65. The Balaban J connectivity index is 0.000000165. The summed E-state index contributed by atoms with van der Waals surface area (Å²) in [5.41, 5.74) is 1.33. The van der Waals surface area contributed by atoms with Gasteiger partial charge in [0.25, 0.3) is 5.91 Å². The summed E-state index contributed by atoms with van der Waals surface area (Å²) in [5.74, 6) is -0.0532. The molecule has 1 heterocycles. The van der Waals surface area contributed by atoms with E-state index in [1.807, 2.05) is 32.3 Å². The largest absolute Gasteiger partial charge is 0.356 e. The van der Waals surface area contributed by atoms with Gasteiger partial charge >= 0.3 is 0 Å². The lowest BCUT2D eigenvalue weighted by Gasteiger charge is -1.98. The van der Waals surface area contributed by atoms with Gasteiger partial charge in [-0.1, -0.05) is 30.3 Å². The molecule has 2 rings (SSSR count). The number of rotatable bonds is 2. The van der Waals surface area contributed by atoms with Crippen molar-refractivity contribution in [2.24, 2.45) is 4.99 Å². The highest BCUT2D eigenvalue weighted by Gasteiger charge is 2.06. The molecule has 1 amide bonds. The highest BCUT2D eigenvalue weighted by atomic mass is 16.1. The first-order valence-corrected chi connectivity index (χ1v) is 5.18. The van der Waals surface area contributed by atoms with Crippen LogP contribution in [0.25, 0.3) is 0 Å². The lowest BCUT2D eigenvalue weighted by molar-refractivity contribution is -0.116. The summed E-state index contributed by atoms with van der Waals surface area (Å²) in [5, 5.41) is 3.08. The van der Waals surface area contributed by atoms with Gasteiger partial charge in [0.2, 0.25) is 0 Å². The maximum absolute atomic E-state index is 10.2. The molecule has 0 spiro atoms. The van der Waals surface area contributed by atoms with Crippen LogP contribution in [0.1, 0.15) is 5.56 Å². The van der Waals surface area contributed by atoms with E-state index in [0.717, 1.165) is 6.54 Å². The van der Waals surface area contributed by atoms with Crippen LogP contribution in [0, 0.1) is 0 Å². The van der Waals surface area contributed by atoms with Gasteiger partial charge in [-0.3, -0.25) is 4.79 Å². The lowest BCUT2D eigenvalue weighted by atomic mass is 10.2. The minimum atomic E-state index is -0.0532. The summed E-state index contributed by atoms with van der Waals surface area (Å²) in [6, 6.07) is 10.3. The Labute approximate surface area is 96.0 Å². The van der Waals surface area contributed by atoms with Gasteiger partial charge in [0, 0.05) is 13.6 Å². The third-order valence-corrected chi connectivity index (χ3v) is 2.01. The van der Waals surface area contributed by atoms with E-state index in [1.54, 1.807) is 4.90 Å². The smallest absolute Gasteiger partial charge is 0.266 e. The molecule has 0 atom stereocenters. The monoisotopic (exact) mass is 219 g/mol. The molecule has 86 valence electrons. The Kier molecular flexibility index (Phi) is 5.22. The Morgan fingerprint density at radius 3 is 2.44 bits per heavy atom. The zero-order valence-corrected chi connectivity index (χ0v) is 9.68. The molecule has 0 radical (unpaired) electrons. The predicted octanol–water partition coefficient (Wildman–Crippen LogP) is 0.893. The van der Waals surface area contributed by atoms with Crippen LogP contribution in [0.4, 0.5) is 0 Å².